The van der Waals surface area contributed by atoms with Crippen molar-refractivity contribution in [2.24, 2.45) is 11.3 Å². The molecule has 0 heterocycles. The number of hydrogen-bond acceptors (Lipinski definition) is 2. The van der Waals surface area contributed by atoms with E-state index in [-0.39, 0.29) is 11.3 Å². The van der Waals surface area contributed by atoms with E-state index in [1.54, 1.807) is 0 Å². The van der Waals surface area contributed by atoms with E-state index in [1.807, 2.05) is 24.3 Å². The standard InChI is InChI=1S/C15H21ClO2/c1-15(2)8-7-12(14(15)18)13(17)9-10-3-5-11(16)6-4-10/h3-6,12-14,17-18H,7-9H2,1-2H3. The fourth-order valence-corrected chi connectivity index (χ4v) is 2.97. The van der Waals surface area contributed by atoms with Crippen LogP contribution < -0.4 is 0 Å². The molecule has 0 saturated heterocycles. The van der Waals surface area contributed by atoms with Crippen LogP contribution in [-0.2, 0) is 6.42 Å². The normalized spacial score (nSPS) is 28.3. The quantitative estimate of drug-likeness (QED) is 0.885. The largest absolute Gasteiger partial charge is 0.392 e. The van der Waals surface area contributed by atoms with E-state index in [2.05, 4.69) is 13.8 Å². The van der Waals surface area contributed by atoms with Crippen molar-refractivity contribution < 1.29 is 10.2 Å². The Balaban J connectivity index is 2.00. The Morgan fingerprint density at radius 2 is 1.94 bits per heavy atom. The third-order valence-corrected chi connectivity index (χ3v) is 4.43. The van der Waals surface area contributed by atoms with Crippen molar-refractivity contribution in [3.63, 3.8) is 0 Å². The molecule has 3 heteroatoms. The highest BCUT2D eigenvalue weighted by Gasteiger charge is 2.43. The molecule has 2 nitrogen and oxygen atoms in total. The lowest BCUT2D eigenvalue weighted by Gasteiger charge is -2.28. The van der Waals surface area contributed by atoms with Crippen LogP contribution in [0.3, 0.4) is 0 Å². The van der Waals surface area contributed by atoms with E-state index in [9.17, 15) is 10.2 Å². The average molecular weight is 269 g/mol. The fourth-order valence-electron chi connectivity index (χ4n) is 2.84. The van der Waals surface area contributed by atoms with E-state index < -0.39 is 12.2 Å². The molecule has 1 saturated carbocycles. The Bertz CT molecular complexity index is 399. The van der Waals surface area contributed by atoms with Gasteiger partial charge in [-0.1, -0.05) is 37.6 Å². The molecule has 3 atom stereocenters. The number of halogens is 1. The topological polar surface area (TPSA) is 40.5 Å². The zero-order valence-corrected chi connectivity index (χ0v) is 11.7. The van der Waals surface area contributed by atoms with Crippen LogP contribution in [0.4, 0.5) is 0 Å². The number of hydrogen-bond donors (Lipinski definition) is 2. The van der Waals surface area contributed by atoms with Gasteiger partial charge in [0.25, 0.3) is 0 Å². The van der Waals surface area contributed by atoms with Crippen molar-refractivity contribution in [2.45, 2.75) is 45.3 Å². The SMILES string of the molecule is CC1(C)CCC(C(O)Cc2ccc(Cl)cc2)C1O. The zero-order chi connectivity index (χ0) is 13.3. The predicted molar refractivity (Wildman–Crippen MR) is 73.7 cm³/mol. The number of aliphatic hydroxyl groups is 2. The Morgan fingerprint density at radius 1 is 1.33 bits per heavy atom. The van der Waals surface area contributed by atoms with Gasteiger partial charge < -0.3 is 10.2 Å². The zero-order valence-electron chi connectivity index (χ0n) is 10.9. The Kier molecular flexibility index (Phi) is 4.00. The van der Waals surface area contributed by atoms with Crippen molar-refractivity contribution in [1.29, 1.82) is 0 Å². The summed E-state index contributed by atoms with van der Waals surface area (Å²) < 4.78 is 0. The summed E-state index contributed by atoms with van der Waals surface area (Å²) in [6.07, 6.45) is 1.54. The molecule has 100 valence electrons. The molecule has 0 spiro atoms. The van der Waals surface area contributed by atoms with Gasteiger partial charge in [0.15, 0.2) is 0 Å². The van der Waals surface area contributed by atoms with Crippen LogP contribution in [0.1, 0.15) is 32.3 Å². The molecule has 0 aromatic heterocycles. The minimum atomic E-state index is -0.483. The summed E-state index contributed by atoms with van der Waals surface area (Å²) in [7, 11) is 0. The van der Waals surface area contributed by atoms with Gasteiger partial charge in [-0.05, 0) is 42.4 Å². The molecule has 2 rings (SSSR count). The van der Waals surface area contributed by atoms with Crippen LogP contribution in [0.5, 0.6) is 0 Å². The summed E-state index contributed by atoms with van der Waals surface area (Å²) in [5.41, 5.74) is 0.981. The van der Waals surface area contributed by atoms with Crippen molar-refractivity contribution in [2.75, 3.05) is 0 Å². The maximum atomic E-state index is 10.3. The van der Waals surface area contributed by atoms with E-state index in [0.717, 1.165) is 18.4 Å². The highest BCUT2D eigenvalue weighted by molar-refractivity contribution is 6.30. The van der Waals surface area contributed by atoms with Crippen molar-refractivity contribution in [1.82, 2.24) is 0 Å². The molecule has 0 radical (unpaired) electrons. The lowest BCUT2D eigenvalue weighted by Crippen LogP contribution is -2.35. The molecule has 1 aromatic rings. The molecule has 1 aromatic carbocycles. The van der Waals surface area contributed by atoms with E-state index >= 15 is 0 Å². The van der Waals surface area contributed by atoms with Crippen molar-refractivity contribution >= 4 is 11.6 Å². The molecule has 18 heavy (non-hydrogen) atoms. The summed E-state index contributed by atoms with van der Waals surface area (Å²) in [6.45, 7) is 4.12. The van der Waals surface area contributed by atoms with Gasteiger partial charge in [-0.25, -0.2) is 0 Å². The Hall–Kier alpha value is -0.570. The van der Waals surface area contributed by atoms with Gasteiger partial charge >= 0.3 is 0 Å². The molecule has 0 bridgehead atoms. The second kappa shape index (κ2) is 5.20. The van der Waals surface area contributed by atoms with Gasteiger partial charge in [0, 0.05) is 10.9 Å². The van der Waals surface area contributed by atoms with E-state index in [1.165, 1.54) is 0 Å². The summed E-state index contributed by atoms with van der Waals surface area (Å²) in [5, 5.41) is 21.2. The predicted octanol–water partition coefficient (Wildman–Crippen LogP) is 3.04. The van der Waals surface area contributed by atoms with Gasteiger partial charge in [-0.15, -0.1) is 0 Å². The maximum absolute atomic E-state index is 10.3. The van der Waals surface area contributed by atoms with Gasteiger partial charge in [0.05, 0.1) is 12.2 Å². The first kappa shape index (κ1) is 13.9. The smallest absolute Gasteiger partial charge is 0.0644 e. The highest BCUT2D eigenvalue weighted by Crippen LogP contribution is 2.43. The number of aliphatic hydroxyl groups excluding tert-OH is 2. The fraction of sp³-hybridized carbons (Fsp3) is 0.600. The molecular weight excluding hydrogens is 248 g/mol. The van der Waals surface area contributed by atoms with Gasteiger partial charge in [-0.2, -0.15) is 0 Å². The molecule has 1 fully saturated rings. The van der Waals surface area contributed by atoms with Gasteiger partial charge in [0.2, 0.25) is 0 Å². The highest BCUT2D eigenvalue weighted by atomic mass is 35.5. The van der Waals surface area contributed by atoms with Crippen LogP contribution in [0, 0.1) is 11.3 Å². The van der Waals surface area contributed by atoms with Crippen LogP contribution in [0.25, 0.3) is 0 Å². The van der Waals surface area contributed by atoms with Crippen molar-refractivity contribution in [3.8, 4) is 0 Å². The molecule has 3 unspecified atom stereocenters. The van der Waals surface area contributed by atoms with Crippen LogP contribution in [0.15, 0.2) is 24.3 Å². The van der Waals surface area contributed by atoms with Crippen LogP contribution >= 0.6 is 11.6 Å². The average Bonchev–Trinajstić information content (AvgIpc) is 2.58. The lowest BCUT2D eigenvalue weighted by molar-refractivity contribution is -0.00965. The molecule has 1 aliphatic rings. The van der Waals surface area contributed by atoms with Gasteiger partial charge in [-0.3, -0.25) is 0 Å². The van der Waals surface area contributed by atoms with Crippen LogP contribution in [-0.4, -0.2) is 22.4 Å². The van der Waals surface area contributed by atoms with E-state index in [0.29, 0.717) is 11.4 Å². The lowest BCUT2D eigenvalue weighted by atomic mass is 9.84. The second-order valence-electron chi connectivity index (χ2n) is 6.03. The molecule has 0 amide bonds. The Labute approximate surface area is 114 Å². The number of benzene rings is 1. The summed E-state index contributed by atoms with van der Waals surface area (Å²) >= 11 is 5.83. The minimum absolute atomic E-state index is 0.0179. The second-order valence-corrected chi connectivity index (χ2v) is 6.47. The summed E-state index contributed by atoms with van der Waals surface area (Å²) in [6, 6.07) is 7.52. The summed E-state index contributed by atoms with van der Waals surface area (Å²) in [4.78, 5) is 0. The third kappa shape index (κ3) is 2.87. The van der Waals surface area contributed by atoms with Crippen LogP contribution in [0.2, 0.25) is 5.02 Å². The Morgan fingerprint density at radius 3 is 2.44 bits per heavy atom. The molecule has 1 aliphatic carbocycles. The monoisotopic (exact) mass is 268 g/mol. The molecular formula is C15H21ClO2. The van der Waals surface area contributed by atoms with Gasteiger partial charge in [0.1, 0.15) is 0 Å². The van der Waals surface area contributed by atoms with E-state index in [4.69, 9.17) is 11.6 Å². The molecule has 2 N–H and O–H groups in total. The first-order chi connectivity index (χ1) is 8.40. The minimum Gasteiger partial charge on any atom is -0.392 e. The van der Waals surface area contributed by atoms with Crippen molar-refractivity contribution in [3.05, 3.63) is 34.9 Å². The maximum Gasteiger partial charge on any atom is 0.0644 e. The first-order valence-corrected chi connectivity index (χ1v) is 6.88. The first-order valence-electron chi connectivity index (χ1n) is 6.51. The molecule has 0 aliphatic heterocycles. The third-order valence-electron chi connectivity index (χ3n) is 4.18. The summed E-state index contributed by atoms with van der Waals surface area (Å²) in [5.74, 6) is -0.0179. The number of rotatable bonds is 3.